The van der Waals surface area contributed by atoms with Crippen LogP contribution < -0.4 is 29.6 Å². The van der Waals surface area contributed by atoms with E-state index in [4.69, 9.17) is 5.11 Å². The van der Waals surface area contributed by atoms with Gasteiger partial charge in [-0.15, -0.1) is 0 Å². The van der Waals surface area contributed by atoms with Crippen molar-refractivity contribution in [3.63, 3.8) is 0 Å². The molecule has 0 spiro atoms. The molecule has 18 valence electrons. The molecular weight excluding hydrogens is 63.0 g/mol. The van der Waals surface area contributed by atoms with E-state index in [2.05, 4.69) is 6.58 Å². The number of aliphatic hydroxyl groups is 1. The van der Waals surface area contributed by atoms with Gasteiger partial charge >= 0.3 is 29.6 Å². The first-order chi connectivity index (χ1) is 1.41. The molecule has 2 heteroatoms. The smallest absolute Gasteiger partial charge is 0.516 e. The van der Waals surface area contributed by atoms with Crippen molar-refractivity contribution in [3.8, 4) is 0 Å². The van der Waals surface area contributed by atoms with Crippen molar-refractivity contribution in [2.75, 3.05) is 0 Å². The third-order valence-electron chi connectivity index (χ3n) is 0. The van der Waals surface area contributed by atoms with Gasteiger partial charge in [-0.05, 0) is 0 Å². The molecule has 0 aromatic rings. The normalized spacial score (nSPS) is 3.00. The maximum atomic E-state index is 7.33. The van der Waals surface area contributed by atoms with E-state index in [9.17, 15) is 0 Å². The molecular formula is C2H4NaO+. The fourth-order valence-electron chi connectivity index (χ4n) is 0. The molecule has 0 radical (unpaired) electrons. The molecule has 1 nitrogen and oxygen atoms in total. The van der Waals surface area contributed by atoms with Crippen LogP contribution in [0.1, 0.15) is 0 Å². The molecule has 0 aliphatic carbocycles. The first-order valence-electron chi connectivity index (χ1n) is 0.666. The minimum atomic E-state index is 0. The van der Waals surface area contributed by atoms with Crippen LogP contribution in [0.15, 0.2) is 12.8 Å². The van der Waals surface area contributed by atoms with Crippen LogP contribution in [0.3, 0.4) is 0 Å². The molecule has 0 saturated heterocycles. The summed E-state index contributed by atoms with van der Waals surface area (Å²) < 4.78 is 0. The maximum absolute atomic E-state index is 7.33. The van der Waals surface area contributed by atoms with Gasteiger partial charge in [-0.1, -0.05) is 6.58 Å². The zero-order valence-corrected chi connectivity index (χ0v) is 4.73. The first-order valence-corrected chi connectivity index (χ1v) is 0.666. The second-order valence-electron chi connectivity index (χ2n) is 0.183. The fourth-order valence-corrected chi connectivity index (χ4v) is 0. The van der Waals surface area contributed by atoms with E-state index in [0.717, 1.165) is 6.26 Å². The largest absolute Gasteiger partial charge is 1.00 e. The Bertz CT molecular complexity index is 13.5. The standard InChI is InChI=1S/C2H4O.Na/c1-2-3;/h2-3H,1H2;/q;+1. The van der Waals surface area contributed by atoms with Crippen molar-refractivity contribution in [3.05, 3.63) is 12.8 Å². The maximum Gasteiger partial charge on any atom is 1.00 e. The summed E-state index contributed by atoms with van der Waals surface area (Å²) in [6.07, 6.45) is 0.750. The monoisotopic (exact) mass is 67.0 g/mol. The summed E-state index contributed by atoms with van der Waals surface area (Å²) in [5, 5.41) is 7.33. The second-order valence-corrected chi connectivity index (χ2v) is 0.183. The summed E-state index contributed by atoms with van der Waals surface area (Å²) in [5.74, 6) is 0. The van der Waals surface area contributed by atoms with Gasteiger partial charge in [0.15, 0.2) is 0 Å². The summed E-state index contributed by atoms with van der Waals surface area (Å²) in [7, 11) is 0. The van der Waals surface area contributed by atoms with E-state index in [0.29, 0.717) is 0 Å². The minimum absolute atomic E-state index is 0. The Morgan fingerprint density at radius 3 is 1.75 bits per heavy atom. The van der Waals surface area contributed by atoms with Crippen LogP contribution in [0.2, 0.25) is 0 Å². The molecule has 0 aromatic heterocycles. The van der Waals surface area contributed by atoms with Crippen molar-refractivity contribution in [1.29, 1.82) is 0 Å². The van der Waals surface area contributed by atoms with Gasteiger partial charge in [-0.25, -0.2) is 0 Å². The molecule has 0 heterocycles. The Morgan fingerprint density at radius 1 is 1.75 bits per heavy atom. The average Bonchev–Trinajstić information content (AvgIpc) is 0.918. The molecule has 0 unspecified atom stereocenters. The average molecular weight is 67.0 g/mol. The topological polar surface area (TPSA) is 20.2 Å². The molecule has 0 aromatic carbocycles. The van der Waals surface area contributed by atoms with Crippen LogP contribution >= 0.6 is 0 Å². The SMILES string of the molecule is C=CO.[Na+]. The van der Waals surface area contributed by atoms with Crippen molar-refractivity contribution in [1.82, 2.24) is 0 Å². The number of rotatable bonds is 0. The second kappa shape index (κ2) is 9.63. The van der Waals surface area contributed by atoms with E-state index in [1.54, 1.807) is 0 Å². The molecule has 0 aliphatic heterocycles. The van der Waals surface area contributed by atoms with Crippen LogP contribution in [0.5, 0.6) is 0 Å². The van der Waals surface area contributed by atoms with E-state index >= 15 is 0 Å². The fraction of sp³-hybridized carbons (Fsp3) is 0. The Kier molecular flexibility index (Phi) is 21.2. The van der Waals surface area contributed by atoms with Crippen molar-refractivity contribution in [2.24, 2.45) is 0 Å². The van der Waals surface area contributed by atoms with Gasteiger partial charge in [0, 0.05) is 0 Å². The van der Waals surface area contributed by atoms with Crippen LogP contribution in [-0.2, 0) is 0 Å². The van der Waals surface area contributed by atoms with Crippen molar-refractivity contribution in [2.45, 2.75) is 0 Å². The summed E-state index contributed by atoms with van der Waals surface area (Å²) in [5.41, 5.74) is 0. The van der Waals surface area contributed by atoms with Crippen molar-refractivity contribution < 1.29 is 34.7 Å². The quantitative estimate of drug-likeness (QED) is 0.249. The first kappa shape index (κ1) is 8.82. The zero-order chi connectivity index (χ0) is 2.71. The van der Waals surface area contributed by atoms with Gasteiger partial charge in [0.25, 0.3) is 0 Å². The van der Waals surface area contributed by atoms with E-state index in [-0.39, 0.29) is 29.6 Å². The van der Waals surface area contributed by atoms with Gasteiger partial charge in [-0.2, -0.15) is 0 Å². The molecule has 0 saturated carbocycles. The predicted molar refractivity (Wildman–Crippen MR) is 12.8 cm³/mol. The molecule has 1 N–H and O–H groups in total. The summed E-state index contributed by atoms with van der Waals surface area (Å²) in [4.78, 5) is 0. The molecule has 0 atom stereocenters. The van der Waals surface area contributed by atoms with Crippen LogP contribution in [0.4, 0.5) is 0 Å². The number of hydrogen-bond acceptors (Lipinski definition) is 1. The summed E-state index contributed by atoms with van der Waals surface area (Å²) in [6, 6.07) is 0. The van der Waals surface area contributed by atoms with Gasteiger partial charge in [-0.3, -0.25) is 0 Å². The van der Waals surface area contributed by atoms with Gasteiger partial charge in [0.05, 0.1) is 6.26 Å². The van der Waals surface area contributed by atoms with E-state index in [1.165, 1.54) is 0 Å². The molecule has 0 amide bonds. The van der Waals surface area contributed by atoms with E-state index in [1.807, 2.05) is 0 Å². The third-order valence-corrected chi connectivity index (χ3v) is 0. The van der Waals surface area contributed by atoms with Gasteiger partial charge in [0.2, 0.25) is 0 Å². The zero-order valence-electron chi connectivity index (χ0n) is 2.73. The molecule has 0 bridgehead atoms. The predicted octanol–water partition coefficient (Wildman–Crippen LogP) is -2.31. The minimum Gasteiger partial charge on any atom is -0.516 e. The molecule has 0 rings (SSSR count). The van der Waals surface area contributed by atoms with Gasteiger partial charge < -0.3 is 5.11 Å². The Morgan fingerprint density at radius 2 is 1.75 bits per heavy atom. The Hall–Kier alpha value is 0.540. The van der Waals surface area contributed by atoms with E-state index < -0.39 is 0 Å². The van der Waals surface area contributed by atoms with Gasteiger partial charge in [0.1, 0.15) is 0 Å². The van der Waals surface area contributed by atoms with Crippen LogP contribution in [0.25, 0.3) is 0 Å². The van der Waals surface area contributed by atoms with Crippen LogP contribution in [-0.4, -0.2) is 5.11 Å². The summed E-state index contributed by atoms with van der Waals surface area (Å²) >= 11 is 0. The molecule has 4 heavy (non-hydrogen) atoms. The number of aliphatic hydroxyl groups excluding tert-OH is 1. The Labute approximate surface area is 47.6 Å². The third kappa shape index (κ3) is 20.7. The molecule has 0 fully saturated rings. The summed E-state index contributed by atoms with van der Waals surface area (Å²) in [6.45, 7) is 2.92. The Balaban J connectivity index is 0. The molecule has 0 aliphatic rings. The van der Waals surface area contributed by atoms with Crippen LogP contribution in [0, 0.1) is 0 Å². The number of hydrogen-bond donors (Lipinski definition) is 1. The van der Waals surface area contributed by atoms with Crippen molar-refractivity contribution >= 4 is 0 Å².